The summed E-state index contributed by atoms with van der Waals surface area (Å²) < 4.78 is 0. The van der Waals surface area contributed by atoms with Crippen LogP contribution in [0.5, 0.6) is 0 Å². The molecule has 1 N–H and O–H groups in total. The van der Waals surface area contributed by atoms with Crippen LogP contribution in [-0.4, -0.2) is 35.3 Å². The van der Waals surface area contributed by atoms with Crippen LogP contribution in [-0.2, 0) is 0 Å². The largest absolute Gasteiger partial charge is 0.395 e. The lowest BCUT2D eigenvalue weighted by molar-refractivity contribution is 0.303. The van der Waals surface area contributed by atoms with E-state index in [0.717, 1.165) is 11.4 Å². The number of rotatable bonds is 3. The van der Waals surface area contributed by atoms with Gasteiger partial charge in [0.05, 0.1) is 6.61 Å². The van der Waals surface area contributed by atoms with Gasteiger partial charge in [-0.2, -0.15) is 0 Å². The summed E-state index contributed by atoms with van der Waals surface area (Å²) in [6, 6.07) is 1.93. The van der Waals surface area contributed by atoms with Crippen molar-refractivity contribution in [2.24, 2.45) is 0 Å². The molecule has 0 saturated heterocycles. The van der Waals surface area contributed by atoms with E-state index in [0.29, 0.717) is 12.5 Å². The van der Waals surface area contributed by atoms with Gasteiger partial charge in [-0.25, -0.2) is 9.97 Å². The first kappa shape index (κ1) is 18.2. The van der Waals surface area contributed by atoms with Gasteiger partial charge in [0.25, 0.3) is 0 Å². The van der Waals surface area contributed by atoms with Gasteiger partial charge < -0.3 is 10.0 Å². The number of aliphatic hydroxyl groups excluding tert-OH is 1. The second-order valence-electron chi connectivity index (χ2n) is 3.10. The van der Waals surface area contributed by atoms with Crippen molar-refractivity contribution in [2.75, 3.05) is 25.1 Å². The number of anilines is 1. The Morgan fingerprint density at radius 3 is 1.82 bits per heavy atom. The third-order valence-corrected chi connectivity index (χ3v) is 1.75. The number of aliphatic hydroxyl groups is 1. The molecule has 1 aromatic rings. The molecular weight excluding hydrogens is 214 g/mol. The summed E-state index contributed by atoms with van der Waals surface area (Å²) >= 11 is 0. The zero-order valence-corrected chi connectivity index (χ0v) is 12.3. The van der Waals surface area contributed by atoms with Crippen LogP contribution in [0.4, 0.5) is 5.95 Å². The molecule has 0 atom stereocenters. The minimum absolute atomic E-state index is 0.118. The first-order chi connectivity index (χ1) is 8.13. The van der Waals surface area contributed by atoms with Crippen molar-refractivity contribution >= 4 is 5.95 Å². The molecule has 17 heavy (non-hydrogen) atoms. The van der Waals surface area contributed by atoms with E-state index in [-0.39, 0.29) is 6.61 Å². The molecule has 4 heteroatoms. The Labute approximate surface area is 106 Å². The average Bonchev–Trinajstić information content (AvgIpc) is 2.33. The van der Waals surface area contributed by atoms with E-state index in [4.69, 9.17) is 5.11 Å². The minimum atomic E-state index is 0.118. The lowest BCUT2D eigenvalue weighted by Crippen LogP contribution is -2.23. The molecule has 1 aromatic heterocycles. The second kappa shape index (κ2) is 11.3. The first-order valence-corrected chi connectivity index (χ1v) is 6.28. The predicted octanol–water partition coefficient (Wildman–Crippen LogP) is 2.57. The van der Waals surface area contributed by atoms with Gasteiger partial charge in [-0.05, 0) is 19.9 Å². The topological polar surface area (TPSA) is 49.2 Å². The number of likely N-dealkylation sites (N-methyl/N-ethyl adjacent to an activating group) is 1. The zero-order chi connectivity index (χ0) is 13.8. The van der Waals surface area contributed by atoms with Crippen LogP contribution in [0.15, 0.2) is 6.07 Å². The molecular formula is C13H27N3O. The summed E-state index contributed by atoms with van der Waals surface area (Å²) in [6.07, 6.45) is 0. The van der Waals surface area contributed by atoms with E-state index < -0.39 is 0 Å². The van der Waals surface area contributed by atoms with Gasteiger partial charge in [-0.3, -0.25) is 0 Å². The van der Waals surface area contributed by atoms with Crippen molar-refractivity contribution in [3.8, 4) is 0 Å². The Kier molecular flexibility index (Phi) is 12.1. The van der Waals surface area contributed by atoms with Crippen LogP contribution < -0.4 is 4.90 Å². The van der Waals surface area contributed by atoms with Crippen LogP contribution in [0.2, 0.25) is 0 Å². The average molecular weight is 241 g/mol. The van der Waals surface area contributed by atoms with Crippen LogP contribution in [0.1, 0.15) is 39.1 Å². The van der Waals surface area contributed by atoms with E-state index in [2.05, 4.69) is 9.97 Å². The molecule has 0 aliphatic rings. The van der Waals surface area contributed by atoms with Crippen molar-refractivity contribution in [1.29, 1.82) is 0 Å². The van der Waals surface area contributed by atoms with E-state index in [1.807, 2.05) is 59.6 Å². The van der Waals surface area contributed by atoms with Gasteiger partial charge in [0.1, 0.15) is 0 Å². The Balaban J connectivity index is 0. The maximum atomic E-state index is 8.74. The molecule has 0 fully saturated rings. The van der Waals surface area contributed by atoms with E-state index >= 15 is 0 Å². The standard InChI is InChI=1S/C9H15N3O.2C2H6/c1-7-6-8(2)11-9(10-7)12(3)4-5-13;2*1-2/h6,13H,4-5H2,1-3H3;2*1-2H3. The quantitative estimate of drug-likeness (QED) is 0.883. The molecule has 0 unspecified atom stereocenters. The van der Waals surface area contributed by atoms with Gasteiger partial charge in [-0.15, -0.1) is 0 Å². The van der Waals surface area contributed by atoms with Crippen LogP contribution in [0, 0.1) is 13.8 Å². The van der Waals surface area contributed by atoms with Crippen molar-refractivity contribution in [3.63, 3.8) is 0 Å². The Bertz CT molecular complexity index is 270. The lowest BCUT2D eigenvalue weighted by Gasteiger charge is -2.15. The lowest BCUT2D eigenvalue weighted by atomic mass is 10.3. The van der Waals surface area contributed by atoms with E-state index in [9.17, 15) is 0 Å². The number of aromatic nitrogens is 2. The number of hydrogen-bond donors (Lipinski definition) is 1. The summed E-state index contributed by atoms with van der Waals surface area (Å²) in [4.78, 5) is 10.3. The van der Waals surface area contributed by atoms with Crippen LogP contribution >= 0.6 is 0 Å². The highest BCUT2D eigenvalue weighted by molar-refractivity contribution is 5.30. The Hall–Kier alpha value is -1.16. The fourth-order valence-electron chi connectivity index (χ4n) is 1.13. The molecule has 0 radical (unpaired) electrons. The van der Waals surface area contributed by atoms with Crippen molar-refractivity contribution in [2.45, 2.75) is 41.5 Å². The van der Waals surface area contributed by atoms with Gasteiger partial charge in [-0.1, -0.05) is 27.7 Å². The van der Waals surface area contributed by atoms with Gasteiger partial charge in [0.15, 0.2) is 0 Å². The molecule has 4 nitrogen and oxygen atoms in total. The summed E-state index contributed by atoms with van der Waals surface area (Å²) in [7, 11) is 1.87. The molecule has 1 rings (SSSR count). The minimum Gasteiger partial charge on any atom is -0.395 e. The third-order valence-electron chi connectivity index (χ3n) is 1.75. The summed E-state index contributed by atoms with van der Waals surface area (Å²) in [5.41, 5.74) is 1.90. The van der Waals surface area contributed by atoms with Crippen LogP contribution in [0.25, 0.3) is 0 Å². The van der Waals surface area contributed by atoms with Crippen molar-refractivity contribution in [3.05, 3.63) is 17.5 Å². The first-order valence-electron chi connectivity index (χ1n) is 6.28. The summed E-state index contributed by atoms with van der Waals surface area (Å²) in [5.74, 6) is 0.673. The predicted molar refractivity (Wildman–Crippen MR) is 74.6 cm³/mol. The molecule has 100 valence electrons. The fourth-order valence-corrected chi connectivity index (χ4v) is 1.13. The molecule has 0 bridgehead atoms. The molecule has 0 aliphatic heterocycles. The third kappa shape index (κ3) is 7.69. The molecule has 1 heterocycles. The second-order valence-corrected chi connectivity index (χ2v) is 3.10. The molecule has 0 amide bonds. The SMILES string of the molecule is CC.CC.Cc1cc(C)nc(N(C)CCO)n1. The maximum absolute atomic E-state index is 8.74. The van der Waals surface area contributed by atoms with Crippen LogP contribution in [0.3, 0.4) is 0 Å². The highest BCUT2D eigenvalue weighted by Crippen LogP contribution is 2.07. The van der Waals surface area contributed by atoms with Gasteiger partial charge in [0.2, 0.25) is 5.95 Å². The van der Waals surface area contributed by atoms with Crippen molar-refractivity contribution < 1.29 is 5.11 Å². The fraction of sp³-hybridized carbons (Fsp3) is 0.692. The highest BCUT2D eigenvalue weighted by Gasteiger charge is 2.04. The molecule has 0 spiro atoms. The monoisotopic (exact) mass is 241 g/mol. The smallest absolute Gasteiger partial charge is 0.225 e. The van der Waals surface area contributed by atoms with Gasteiger partial charge in [0, 0.05) is 25.0 Å². The number of aryl methyl sites for hydroxylation is 2. The summed E-state index contributed by atoms with van der Waals surface area (Å²) in [6.45, 7) is 12.5. The number of hydrogen-bond acceptors (Lipinski definition) is 4. The van der Waals surface area contributed by atoms with E-state index in [1.165, 1.54) is 0 Å². The Morgan fingerprint density at radius 2 is 1.47 bits per heavy atom. The molecule has 0 aliphatic carbocycles. The summed E-state index contributed by atoms with van der Waals surface area (Å²) in [5, 5.41) is 8.74. The maximum Gasteiger partial charge on any atom is 0.225 e. The zero-order valence-electron chi connectivity index (χ0n) is 12.3. The van der Waals surface area contributed by atoms with Crippen molar-refractivity contribution in [1.82, 2.24) is 9.97 Å². The normalized spacial score (nSPS) is 8.47. The van der Waals surface area contributed by atoms with Gasteiger partial charge >= 0.3 is 0 Å². The molecule has 0 aromatic carbocycles. The highest BCUT2D eigenvalue weighted by atomic mass is 16.3. The molecule has 0 saturated carbocycles. The Morgan fingerprint density at radius 1 is 1.06 bits per heavy atom. The number of nitrogens with zero attached hydrogens (tertiary/aromatic N) is 3. The van der Waals surface area contributed by atoms with E-state index in [1.54, 1.807) is 0 Å².